The molecule has 67 heavy (non-hydrogen) atoms. The summed E-state index contributed by atoms with van der Waals surface area (Å²) < 4.78 is 158. The van der Waals surface area contributed by atoms with Gasteiger partial charge in [0.15, 0.2) is 15.6 Å². The van der Waals surface area contributed by atoms with Gasteiger partial charge in [-0.05, 0) is 115 Å². The van der Waals surface area contributed by atoms with Crippen molar-refractivity contribution in [3.8, 4) is 5.75 Å². The van der Waals surface area contributed by atoms with Crippen LogP contribution in [0.4, 0.5) is 56.9 Å². The van der Waals surface area contributed by atoms with E-state index in [9.17, 15) is 56.3 Å². The number of nitrogens with zero attached hydrogens (tertiary/aromatic N) is 6. The van der Waals surface area contributed by atoms with Gasteiger partial charge in [-0.3, -0.25) is 18.4 Å². The van der Waals surface area contributed by atoms with Crippen LogP contribution in [0.15, 0.2) is 147 Å². The Kier molecular flexibility index (Phi) is 13.8. The van der Waals surface area contributed by atoms with Crippen LogP contribution in [0.2, 0.25) is 0 Å². The summed E-state index contributed by atoms with van der Waals surface area (Å²) in [6, 6.07) is 19.3. The number of nitrogens with two attached hydrogens (primary N) is 3. The van der Waals surface area contributed by atoms with Crippen molar-refractivity contribution < 1.29 is 65.0 Å². The van der Waals surface area contributed by atoms with E-state index in [1.807, 2.05) is 0 Å². The number of nitrogens with one attached hydrogen (secondary N) is 1. The summed E-state index contributed by atoms with van der Waals surface area (Å²) in [4.78, 5) is -2.74. The summed E-state index contributed by atoms with van der Waals surface area (Å²) in [6.45, 7) is 0.877. The van der Waals surface area contributed by atoms with Gasteiger partial charge in [0, 0.05) is 11.4 Å². The second-order valence-corrected chi connectivity index (χ2v) is 21.5. The minimum absolute atomic E-state index is 0.0722. The zero-order valence-corrected chi connectivity index (χ0v) is 38.0. The van der Waals surface area contributed by atoms with Crippen molar-refractivity contribution in [2.45, 2.75) is 26.5 Å². The topological polar surface area (TPSA) is 425 Å². The molecule has 0 amide bonds. The summed E-state index contributed by atoms with van der Waals surface area (Å²) in [5.41, 5.74) is 17.9. The number of benzene rings is 6. The summed E-state index contributed by atoms with van der Waals surface area (Å²) in [5, 5.41) is 33.8. The molecule has 0 bridgehead atoms. The molecule has 0 atom stereocenters. The molecule has 0 radical (unpaired) electrons. The van der Waals surface area contributed by atoms with Gasteiger partial charge in [0.05, 0.1) is 56.0 Å². The molecule has 30 heteroatoms. The van der Waals surface area contributed by atoms with E-state index in [2.05, 4.69) is 39.6 Å². The molecule has 0 aliphatic heterocycles. The number of anilines is 4. The fourth-order valence-corrected chi connectivity index (χ4v) is 9.71. The van der Waals surface area contributed by atoms with Crippen LogP contribution < -0.4 is 21.9 Å². The van der Waals surface area contributed by atoms with Crippen LogP contribution in [0.5, 0.6) is 5.75 Å². The minimum Gasteiger partial charge on any atom is -0.505 e. The molecule has 0 aromatic heterocycles. The molecule has 0 heterocycles. The zero-order chi connectivity index (χ0) is 49.3. The fourth-order valence-electron chi connectivity index (χ4n) is 5.83. The molecule has 0 fully saturated rings. The highest BCUT2D eigenvalue weighted by Gasteiger charge is 2.28. The lowest BCUT2D eigenvalue weighted by Gasteiger charge is -2.14. The van der Waals surface area contributed by atoms with Gasteiger partial charge in [0.1, 0.15) is 26.9 Å². The quantitative estimate of drug-likeness (QED) is 0.0283. The highest BCUT2D eigenvalue weighted by atomic mass is 32.3. The molecule has 6 aromatic rings. The van der Waals surface area contributed by atoms with Gasteiger partial charge in [0.25, 0.3) is 30.3 Å². The van der Waals surface area contributed by atoms with Crippen LogP contribution in [0.3, 0.4) is 0 Å². The van der Waals surface area contributed by atoms with Crippen molar-refractivity contribution in [2.24, 2.45) is 30.7 Å². The second-order valence-electron chi connectivity index (χ2n) is 13.8. The van der Waals surface area contributed by atoms with Gasteiger partial charge < -0.3 is 22.3 Å². The van der Waals surface area contributed by atoms with Crippen LogP contribution >= 0.6 is 0 Å². The number of sulfonamides is 1. The van der Waals surface area contributed by atoms with Crippen molar-refractivity contribution in [2.75, 3.05) is 34.3 Å². The molecule has 6 aromatic carbocycles. The summed E-state index contributed by atoms with van der Waals surface area (Å²) in [6.07, 6.45) is 0. The normalized spacial score (nSPS) is 13.0. The van der Waals surface area contributed by atoms with Gasteiger partial charge in [-0.25, -0.2) is 21.0 Å². The number of fused-ring (bicyclic) bond motifs is 1. The molecule has 0 unspecified atom stereocenters. The minimum atomic E-state index is -5.28. The highest BCUT2D eigenvalue weighted by molar-refractivity contribution is 7.92. The lowest BCUT2D eigenvalue weighted by molar-refractivity contribution is 0.284. The predicted octanol–water partition coefficient (Wildman–Crippen LogP) is 6.73. The number of phenols is 1. The Morgan fingerprint density at radius 1 is 0.582 bits per heavy atom. The van der Waals surface area contributed by atoms with Gasteiger partial charge >= 0.3 is 10.4 Å². The van der Waals surface area contributed by atoms with Gasteiger partial charge in [-0.1, -0.05) is 0 Å². The molecule has 0 aliphatic rings. The third-order valence-electron chi connectivity index (χ3n) is 9.14. The zero-order valence-electron chi connectivity index (χ0n) is 33.9. The average Bonchev–Trinajstić information content (AvgIpc) is 3.23. The first-order valence-electron chi connectivity index (χ1n) is 18.3. The molecule has 0 saturated heterocycles. The van der Waals surface area contributed by atoms with E-state index in [0.29, 0.717) is 34.9 Å². The molecule has 6 rings (SSSR count). The predicted molar refractivity (Wildman–Crippen MR) is 242 cm³/mol. The number of sulfone groups is 1. The van der Waals surface area contributed by atoms with E-state index >= 15 is 0 Å². The Hall–Kier alpha value is -7.03. The maximum Gasteiger partial charge on any atom is 0.397 e. The first-order valence-corrected chi connectivity index (χ1v) is 25.7. The number of hydrogen-bond acceptors (Lipinski definition) is 21. The summed E-state index contributed by atoms with van der Waals surface area (Å²) >= 11 is 0. The second kappa shape index (κ2) is 18.7. The van der Waals surface area contributed by atoms with E-state index in [1.165, 1.54) is 36.4 Å². The number of hydrogen-bond donors (Lipinski definition) is 8. The highest BCUT2D eigenvalue weighted by Crippen LogP contribution is 2.48. The van der Waals surface area contributed by atoms with E-state index in [1.54, 1.807) is 19.1 Å². The number of azo groups is 3. The van der Waals surface area contributed by atoms with Crippen molar-refractivity contribution >= 4 is 118 Å². The SMILES string of the molecule is Cc1cc(N=Nc2ccc(NS(=O)(=O)c3ccc(N=Nc4c(S(=O)(=O)O)cc5cc(S(=O)(=O)O)c(N=Nc6ccc(S(=O)(=O)CCOS(=O)(=O)O)cc6)c(O)c5c4N)cc3)cc2)c(N)cc1N. The number of nitrogen functional groups attached to an aromatic ring is 3. The van der Waals surface area contributed by atoms with Gasteiger partial charge in [-0.15, -0.1) is 15.3 Å². The largest absolute Gasteiger partial charge is 0.505 e. The van der Waals surface area contributed by atoms with Crippen LogP contribution in [0, 0.1) is 6.92 Å². The molecule has 352 valence electrons. The number of aryl methyl sites for hydroxylation is 1. The number of rotatable bonds is 16. The Labute approximate surface area is 381 Å². The standard InChI is InChI=1S/C37H34N10O15S5/c1-20-16-30(29(39)19-28(20)38)44-41-22-2-4-25(5-3-22)47-64(51,52)27-12-8-24(9-13-27)42-45-35-31(65(53,54)55)17-21-18-32(66(56,57)58)36(37(48)33(21)34(35)40)46-43-23-6-10-26(11-7-23)63(49,50)15-14-62-67(59,60)61/h2-13,16-19,47-48H,14-15,38-40H2,1H3,(H,53,54,55)(H,56,57,58)(H,59,60,61). The van der Waals surface area contributed by atoms with Crippen LogP contribution in [0.25, 0.3) is 10.8 Å². The maximum atomic E-state index is 13.2. The van der Waals surface area contributed by atoms with E-state index in [-0.39, 0.29) is 26.9 Å². The molecule has 0 spiro atoms. The van der Waals surface area contributed by atoms with Gasteiger partial charge in [-0.2, -0.15) is 40.6 Å². The van der Waals surface area contributed by atoms with Gasteiger partial charge in [0.2, 0.25) is 0 Å². The fraction of sp³-hybridized carbons (Fsp3) is 0.0811. The van der Waals surface area contributed by atoms with Crippen LogP contribution in [-0.2, 0) is 54.7 Å². The third kappa shape index (κ3) is 11.9. The Balaban J connectivity index is 1.26. The van der Waals surface area contributed by atoms with Crippen molar-refractivity contribution in [3.05, 3.63) is 103 Å². The molecule has 11 N–H and O–H groups in total. The lowest BCUT2D eigenvalue weighted by Crippen LogP contribution is -2.15. The lowest BCUT2D eigenvalue weighted by atomic mass is 10.1. The molecular weight excluding hydrogens is 985 g/mol. The number of phenolic OH excluding ortho intramolecular Hbond substituents is 1. The molecule has 0 aliphatic carbocycles. The molecule has 0 saturated carbocycles. The van der Waals surface area contributed by atoms with E-state index < -0.39 is 106 Å². The van der Waals surface area contributed by atoms with Crippen molar-refractivity contribution in [1.29, 1.82) is 0 Å². The Morgan fingerprint density at radius 2 is 1.06 bits per heavy atom. The third-order valence-corrected chi connectivity index (χ3v) is 14.4. The first-order chi connectivity index (χ1) is 31.1. The van der Waals surface area contributed by atoms with Crippen LogP contribution in [-0.4, -0.2) is 73.2 Å². The first kappa shape index (κ1) is 49.4. The van der Waals surface area contributed by atoms with Crippen molar-refractivity contribution in [1.82, 2.24) is 0 Å². The summed E-state index contributed by atoms with van der Waals surface area (Å²) in [7, 11) is -23.8. The van der Waals surface area contributed by atoms with Crippen LogP contribution in [0.1, 0.15) is 5.56 Å². The Morgan fingerprint density at radius 3 is 1.58 bits per heavy atom. The van der Waals surface area contributed by atoms with E-state index in [0.717, 1.165) is 42.0 Å². The smallest absolute Gasteiger partial charge is 0.397 e. The molecule has 25 nitrogen and oxygen atoms in total. The number of aromatic hydroxyl groups is 1. The maximum absolute atomic E-state index is 13.2. The van der Waals surface area contributed by atoms with E-state index in [4.69, 9.17) is 21.8 Å². The van der Waals surface area contributed by atoms with Crippen molar-refractivity contribution in [3.63, 3.8) is 0 Å². The molecular formula is C37H34N10O15S5. The Bertz CT molecular complexity index is 3610. The average molecular weight is 1020 g/mol. The summed E-state index contributed by atoms with van der Waals surface area (Å²) in [5.74, 6) is -1.95. The monoisotopic (exact) mass is 1020 g/mol.